The smallest absolute Gasteiger partial charge is 0.467 e. The van der Waals surface area contributed by atoms with Crippen molar-refractivity contribution in [3.63, 3.8) is 0 Å². The number of aliphatic hydroxyl groups excluding tert-OH is 1. The molecule has 0 aromatic heterocycles. The molecule has 1 aromatic rings. The van der Waals surface area contributed by atoms with Crippen LogP contribution in [0.5, 0.6) is 5.75 Å². The summed E-state index contributed by atoms with van der Waals surface area (Å²) in [7, 11) is -0.850. The zero-order valence-corrected chi connectivity index (χ0v) is 18.5. The number of hydrogen-bond donors (Lipinski definition) is 3. The normalized spacial score (nSPS) is 16.7. The van der Waals surface area contributed by atoms with Crippen LogP contribution in [0.15, 0.2) is 18.2 Å². The molecule has 170 valence electrons. The van der Waals surface area contributed by atoms with Crippen molar-refractivity contribution in [3.8, 4) is 5.75 Å². The number of fused-ring (bicyclic) bond motifs is 1. The Kier molecular flexibility index (Phi) is 8.61. The van der Waals surface area contributed by atoms with E-state index < -0.39 is 37.5 Å². The first-order valence-corrected chi connectivity index (χ1v) is 10.3. The van der Waals surface area contributed by atoms with Crippen LogP contribution in [0.1, 0.15) is 62.9 Å². The number of nitrogens with two attached hydrogens (primary N) is 1. The first-order chi connectivity index (χ1) is 14.5. The van der Waals surface area contributed by atoms with Crippen molar-refractivity contribution >= 4 is 24.7 Å². The van der Waals surface area contributed by atoms with E-state index in [0.717, 1.165) is 0 Å². The maximum atomic E-state index is 12.5. The lowest BCUT2D eigenvalue weighted by Gasteiger charge is -2.30. The second kappa shape index (κ2) is 10.7. The zero-order chi connectivity index (χ0) is 23.2. The van der Waals surface area contributed by atoms with E-state index in [0.29, 0.717) is 30.6 Å². The van der Waals surface area contributed by atoms with E-state index >= 15 is 0 Å². The second-order valence-electron chi connectivity index (χ2n) is 8.74. The number of ether oxygens (including phenoxy) is 2. The van der Waals surface area contributed by atoms with Gasteiger partial charge in [-0.05, 0) is 31.4 Å². The standard InChI is InChI=1S/C21H31BN2O7/c1-13(25)7-5-10-17(26)24-16-11-14-8-6-9-15(18(14)31-22(16)23)19(27)29-12-30-20(28)21(2,3)4/h6,8-9,16,20,28H,5,7,10-12,23H2,1-4H3,(H,24,26)/t16-,20?/m0/s1. The molecule has 10 heteroatoms. The molecule has 1 amide bonds. The molecule has 4 N–H and O–H groups in total. The number of benzene rings is 1. The molecular formula is C21H31BN2O7. The van der Waals surface area contributed by atoms with Gasteiger partial charge in [-0.3, -0.25) is 4.79 Å². The minimum Gasteiger partial charge on any atom is -0.544 e. The number of para-hydroxylation sites is 1. The number of rotatable bonds is 9. The Morgan fingerprint density at radius 3 is 2.68 bits per heavy atom. The summed E-state index contributed by atoms with van der Waals surface area (Å²) >= 11 is 0. The molecule has 0 radical (unpaired) electrons. The number of aliphatic hydroxyl groups is 1. The van der Waals surface area contributed by atoms with Crippen LogP contribution in [0.4, 0.5) is 0 Å². The van der Waals surface area contributed by atoms with Crippen LogP contribution < -0.4 is 15.6 Å². The molecule has 1 unspecified atom stereocenters. The minimum absolute atomic E-state index is 0.0390. The molecule has 0 fully saturated rings. The fourth-order valence-electron chi connectivity index (χ4n) is 3.01. The number of carbonyl (C=O) groups is 3. The Bertz CT molecular complexity index is 809. The highest BCUT2D eigenvalue weighted by Gasteiger charge is 2.36. The number of Topliss-reactive ketones (excluding diaryl/α,β-unsaturated/α-hetero) is 1. The largest absolute Gasteiger partial charge is 0.544 e. The van der Waals surface area contributed by atoms with E-state index in [4.69, 9.17) is 19.8 Å². The van der Waals surface area contributed by atoms with Crippen molar-refractivity contribution in [3.05, 3.63) is 29.3 Å². The molecule has 0 aliphatic carbocycles. The van der Waals surface area contributed by atoms with E-state index in [1.807, 2.05) is 0 Å². The molecule has 2 rings (SSSR count). The number of amides is 1. The summed E-state index contributed by atoms with van der Waals surface area (Å²) < 4.78 is 16.0. The zero-order valence-electron chi connectivity index (χ0n) is 18.5. The van der Waals surface area contributed by atoms with Gasteiger partial charge in [0.1, 0.15) is 17.1 Å². The molecule has 1 aliphatic rings. The lowest BCUT2D eigenvalue weighted by molar-refractivity contribution is -0.197. The maximum Gasteiger partial charge on any atom is 0.467 e. The highest BCUT2D eigenvalue weighted by atomic mass is 16.7. The molecule has 0 saturated heterocycles. The maximum absolute atomic E-state index is 12.5. The van der Waals surface area contributed by atoms with Crippen molar-refractivity contribution < 1.29 is 33.6 Å². The van der Waals surface area contributed by atoms with Crippen molar-refractivity contribution in [2.24, 2.45) is 11.1 Å². The molecule has 31 heavy (non-hydrogen) atoms. The molecule has 0 bridgehead atoms. The van der Waals surface area contributed by atoms with Gasteiger partial charge in [-0.15, -0.1) is 0 Å². The van der Waals surface area contributed by atoms with Crippen molar-refractivity contribution in [1.29, 1.82) is 0 Å². The third kappa shape index (κ3) is 7.34. The van der Waals surface area contributed by atoms with E-state index in [9.17, 15) is 19.5 Å². The molecule has 2 atom stereocenters. The van der Waals surface area contributed by atoms with Gasteiger partial charge < -0.3 is 35.0 Å². The lowest BCUT2D eigenvalue weighted by Crippen LogP contribution is -2.58. The van der Waals surface area contributed by atoms with E-state index in [2.05, 4.69) is 5.32 Å². The van der Waals surface area contributed by atoms with Gasteiger partial charge in [-0.25, -0.2) is 4.79 Å². The summed E-state index contributed by atoms with van der Waals surface area (Å²) in [5.41, 5.74) is 6.46. The van der Waals surface area contributed by atoms with Crippen molar-refractivity contribution in [2.75, 3.05) is 6.79 Å². The lowest BCUT2D eigenvalue weighted by atomic mass is 9.68. The molecule has 1 aliphatic heterocycles. The van der Waals surface area contributed by atoms with E-state index in [1.54, 1.807) is 39.0 Å². The van der Waals surface area contributed by atoms with E-state index in [-0.39, 0.29) is 23.7 Å². The molecule has 9 nitrogen and oxygen atoms in total. The summed E-state index contributed by atoms with van der Waals surface area (Å²) in [6.07, 6.45) is 0.348. The third-order valence-corrected chi connectivity index (χ3v) is 4.84. The monoisotopic (exact) mass is 434 g/mol. The fraction of sp³-hybridized carbons (Fsp3) is 0.571. The van der Waals surface area contributed by atoms with Crippen molar-refractivity contribution in [1.82, 2.24) is 5.32 Å². The number of nitrogens with one attached hydrogen (secondary N) is 1. The van der Waals surface area contributed by atoms with E-state index in [1.165, 1.54) is 6.92 Å². The SMILES string of the molecule is CC(=O)CCCC(=O)N[C@H]1Cc2cccc(C(=O)OCOC(O)C(C)(C)C)c2OB1N. The summed E-state index contributed by atoms with van der Waals surface area (Å²) in [6, 6.07) is 5.02. The van der Waals surface area contributed by atoms with Crippen LogP contribution in [0, 0.1) is 5.41 Å². The highest BCUT2D eigenvalue weighted by molar-refractivity contribution is 6.51. The van der Waals surface area contributed by atoms with Crippen molar-refractivity contribution in [2.45, 2.75) is 65.6 Å². The van der Waals surface area contributed by atoms with Crippen LogP contribution in [0.2, 0.25) is 0 Å². The molecule has 0 spiro atoms. The summed E-state index contributed by atoms with van der Waals surface area (Å²) in [4.78, 5) is 35.6. The fourth-order valence-corrected chi connectivity index (χ4v) is 3.01. The number of ketones is 1. The molecule has 1 aromatic carbocycles. The van der Waals surface area contributed by atoms with Gasteiger partial charge in [0.05, 0.1) is 5.94 Å². The Morgan fingerprint density at radius 2 is 2.03 bits per heavy atom. The molecule has 1 heterocycles. The van der Waals surface area contributed by atoms with Gasteiger partial charge >= 0.3 is 13.0 Å². The minimum atomic E-state index is -1.09. The summed E-state index contributed by atoms with van der Waals surface area (Å²) in [6.45, 7) is 6.45. The molecule has 0 saturated carbocycles. The topological polar surface area (TPSA) is 137 Å². The Morgan fingerprint density at radius 1 is 1.32 bits per heavy atom. The van der Waals surface area contributed by atoms with Gasteiger partial charge in [0.15, 0.2) is 13.1 Å². The van der Waals surface area contributed by atoms with Gasteiger partial charge in [0, 0.05) is 18.3 Å². The van der Waals surface area contributed by atoms with Gasteiger partial charge in [0.25, 0.3) is 0 Å². The molecular weight excluding hydrogens is 403 g/mol. The Balaban J connectivity index is 1.97. The predicted octanol–water partition coefficient (Wildman–Crippen LogP) is 1.35. The van der Waals surface area contributed by atoms with Crippen LogP contribution in [0.25, 0.3) is 0 Å². The quantitative estimate of drug-likeness (QED) is 0.301. The van der Waals surface area contributed by atoms with Gasteiger partial charge in [0.2, 0.25) is 5.91 Å². The predicted molar refractivity (Wildman–Crippen MR) is 114 cm³/mol. The number of esters is 1. The number of hydrogen-bond acceptors (Lipinski definition) is 8. The van der Waals surface area contributed by atoms with Gasteiger partial charge in [-0.2, -0.15) is 0 Å². The third-order valence-electron chi connectivity index (χ3n) is 4.84. The first-order valence-electron chi connectivity index (χ1n) is 10.3. The Labute approximate surface area is 182 Å². The average Bonchev–Trinajstić information content (AvgIpc) is 2.66. The number of carbonyl (C=O) groups excluding carboxylic acids is 3. The van der Waals surface area contributed by atoms with Crippen LogP contribution in [-0.2, 0) is 25.5 Å². The average molecular weight is 434 g/mol. The summed E-state index contributed by atoms with van der Waals surface area (Å²) in [5, 5.41) is 12.7. The Hall–Kier alpha value is -2.43. The van der Waals surface area contributed by atoms with Crippen LogP contribution in [0.3, 0.4) is 0 Å². The second-order valence-corrected chi connectivity index (χ2v) is 8.74. The van der Waals surface area contributed by atoms with Gasteiger partial charge in [-0.1, -0.05) is 32.9 Å². The van der Waals surface area contributed by atoms with Crippen LogP contribution >= 0.6 is 0 Å². The first kappa shape index (κ1) is 24.8. The highest BCUT2D eigenvalue weighted by Crippen LogP contribution is 2.30. The summed E-state index contributed by atoms with van der Waals surface area (Å²) in [5.74, 6) is -1.000. The van der Waals surface area contributed by atoms with Crippen LogP contribution in [-0.4, -0.2) is 48.8 Å².